The molecule has 1 atom stereocenters. The van der Waals surface area contributed by atoms with Gasteiger partial charge in [0.1, 0.15) is 0 Å². The molecule has 1 rings (SSSR count). The Labute approximate surface area is 79.6 Å². The van der Waals surface area contributed by atoms with Crippen molar-refractivity contribution in [1.82, 2.24) is 5.32 Å². The predicted octanol–water partition coefficient (Wildman–Crippen LogP) is 1.72. The van der Waals surface area contributed by atoms with Gasteiger partial charge in [-0.15, -0.1) is 0 Å². The molecule has 0 bridgehead atoms. The Kier molecular flexibility index (Phi) is 4.50. The third-order valence-electron chi connectivity index (χ3n) is 1.95. The highest BCUT2D eigenvalue weighted by atomic mass is 16.3. The molecule has 1 aromatic carbocycles. The molecule has 0 aromatic heterocycles. The SMILES string of the molecule is CCCNC[C@H](O)c1ccccc1. The van der Waals surface area contributed by atoms with Gasteiger partial charge in [0.05, 0.1) is 6.10 Å². The van der Waals surface area contributed by atoms with E-state index in [-0.39, 0.29) is 6.10 Å². The Bertz CT molecular complexity index is 223. The second-order valence-electron chi connectivity index (χ2n) is 3.13. The minimum Gasteiger partial charge on any atom is -0.387 e. The van der Waals surface area contributed by atoms with Gasteiger partial charge in [0.25, 0.3) is 0 Å². The number of rotatable bonds is 5. The summed E-state index contributed by atoms with van der Waals surface area (Å²) in [5, 5.41) is 12.9. The number of hydrogen-bond donors (Lipinski definition) is 2. The number of aliphatic hydroxyl groups excluding tert-OH is 1. The highest BCUT2D eigenvalue weighted by Crippen LogP contribution is 2.10. The Morgan fingerprint density at radius 1 is 1.31 bits per heavy atom. The van der Waals surface area contributed by atoms with Gasteiger partial charge < -0.3 is 10.4 Å². The number of hydrogen-bond acceptors (Lipinski definition) is 2. The maximum Gasteiger partial charge on any atom is 0.0914 e. The first kappa shape index (κ1) is 10.2. The fraction of sp³-hybridized carbons (Fsp3) is 0.455. The molecule has 1 aromatic rings. The first-order chi connectivity index (χ1) is 6.34. The van der Waals surface area contributed by atoms with Crippen LogP contribution in [0.1, 0.15) is 25.0 Å². The molecular weight excluding hydrogens is 162 g/mol. The summed E-state index contributed by atoms with van der Waals surface area (Å²) in [4.78, 5) is 0. The second kappa shape index (κ2) is 5.73. The van der Waals surface area contributed by atoms with Gasteiger partial charge in [-0.25, -0.2) is 0 Å². The van der Waals surface area contributed by atoms with E-state index < -0.39 is 0 Å². The van der Waals surface area contributed by atoms with E-state index >= 15 is 0 Å². The van der Waals surface area contributed by atoms with Gasteiger partial charge in [-0.05, 0) is 18.5 Å². The number of benzene rings is 1. The van der Waals surface area contributed by atoms with Crippen molar-refractivity contribution < 1.29 is 5.11 Å². The summed E-state index contributed by atoms with van der Waals surface area (Å²) in [5.41, 5.74) is 0.978. The van der Waals surface area contributed by atoms with E-state index in [0.717, 1.165) is 18.5 Å². The average molecular weight is 179 g/mol. The van der Waals surface area contributed by atoms with Gasteiger partial charge >= 0.3 is 0 Å². The van der Waals surface area contributed by atoms with Crippen molar-refractivity contribution in [3.63, 3.8) is 0 Å². The Morgan fingerprint density at radius 2 is 2.00 bits per heavy atom. The van der Waals surface area contributed by atoms with Crippen molar-refractivity contribution in [3.8, 4) is 0 Å². The van der Waals surface area contributed by atoms with Crippen LogP contribution in [0.2, 0.25) is 0 Å². The second-order valence-corrected chi connectivity index (χ2v) is 3.13. The van der Waals surface area contributed by atoms with Gasteiger partial charge in [-0.2, -0.15) is 0 Å². The summed E-state index contributed by atoms with van der Waals surface area (Å²) in [7, 11) is 0. The molecule has 13 heavy (non-hydrogen) atoms. The van der Waals surface area contributed by atoms with Crippen molar-refractivity contribution in [2.45, 2.75) is 19.4 Å². The first-order valence-corrected chi connectivity index (χ1v) is 4.78. The van der Waals surface area contributed by atoms with Gasteiger partial charge in [-0.3, -0.25) is 0 Å². The van der Waals surface area contributed by atoms with Crippen LogP contribution in [0.25, 0.3) is 0 Å². The lowest BCUT2D eigenvalue weighted by atomic mass is 10.1. The lowest BCUT2D eigenvalue weighted by Crippen LogP contribution is -2.21. The maximum atomic E-state index is 9.68. The van der Waals surface area contributed by atoms with Gasteiger partial charge in [0, 0.05) is 6.54 Å². The molecule has 0 heterocycles. The molecule has 0 unspecified atom stereocenters. The van der Waals surface area contributed by atoms with Crippen LogP contribution >= 0.6 is 0 Å². The molecule has 72 valence electrons. The fourth-order valence-corrected chi connectivity index (χ4v) is 1.21. The molecule has 0 spiro atoms. The van der Waals surface area contributed by atoms with E-state index in [1.807, 2.05) is 30.3 Å². The molecule has 2 nitrogen and oxygen atoms in total. The van der Waals surface area contributed by atoms with Gasteiger partial charge in [0.15, 0.2) is 0 Å². The fourth-order valence-electron chi connectivity index (χ4n) is 1.21. The van der Waals surface area contributed by atoms with E-state index in [9.17, 15) is 5.11 Å². The lowest BCUT2D eigenvalue weighted by Gasteiger charge is -2.11. The van der Waals surface area contributed by atoms with Crippen molar-refractivity contribution in [3.05, 3.63) is 35.9 Å². The van der Waals surface area contributed by atoms with Crippen LogP contribution in [0.4, 0.5) is 0 Å². The minimum atomic E-state index is -0.382. The Balaban J connectivity index is 2.35. The highest BCUT2D eigenvalue weighted by Gasteiger charge is 2.04. The van der Waals surface area contributed by atoms with E-state index in [1.54, 1.807) is 0 Å². The van der Waals surface area contributed by atoms with Crippen LogP contribution in [0.5, 0.6) is 0 Å². The number of aliphatic hydroxyl groups is 1. The van der Waals surface area contributed by atoms with Crippen molar-refractivity contribution in [1.29, 1.82) is 0 Å². The molecular formula is C11H17NO. The van der Waals surface area contributed by atoms with Crippen LogP contribution in [-0.4, -0.2) is 18.2 Å². The molecule has 0 saturated carbocycles. The molecule has 0 fully saturated rings. The van der Waals surface area contributed by atoms with Gasteiger partial charge in [0.2, 0.25) is 0 Å². The van der Waals surface area contributed by atoms with E-state index in [2.05, 4.69) is 12.2 Å². The minimum absolute atomic E-state index is 0.382. The van der Waals surface area contributed by atoms with E-state index in [4.69, 9.17) is 0 Å². The topological polar surface area (TPSA) is 32.3 Å². The monoisotopic (exact) mass is 179 g/mol. The molecule has 0 radical (unpaired) electrons. The zero-order valence-corrected chi connectivity index (χ0v) is 8.03. The third-order valence-corrected chi connectivity index (χ3v) is 1.95. The van der Waals surface area contributed by atoms with Crippen molar-refractivity contribution in [2.75, 3.05) is 13.1 Å². The van der Waals surface area contributed by atoms with Gasteiger partial charge in [-0.1, -0.05) is 37.3 Å². The molecule has 0 amide bonds. The standard InChI is InChI=1S/C11H17NO/c1-2-8-12-9-11(13)10-6-4-3-5-7-10/h3-7,11-13H,2,8-9H2,1H3/t11-/m0/s1. The van der Waals surface area contributed by atoms with Crippen molar-refractivity contribution >= 4 is 0 Å². The molecule has 0 aliphatic heterocycles. The molecule has 0 aliphatic rings. The van der Waals surface area contributed by atoms with Crippen LogP contribution in [-0.2, 0) is 0 Å². The Morgan fingerprint density at radius 3 is 2.62 bits per heavy atom. The maximum absolute atomic E-state index is 9.68. The largest absolute Gasteiger partial charge is 0.387 e. The summed E-state index contributed by atoms with van der Waals surface area (Å²) in [6.45, 7) is 3.71. The van der Waals surface area contributed by atoms with Crippen LogP contribution < -0.4 is 5.32 Å². The molecule has 0 aliphatic carbocycles. The zero-order valence-electron chi connectivity index (χ0n) is 8.03. The smallest absolute Gasteiger partial charge is 0.0914 e. The summed E-state index contributed by atoms with van der Waals surface area (Å²) < 4.78 is 0. The quantitative estimate of drug-likeness (QED) is 0.674. The van der Waals surface area contributed by atoms with E-state index in [1.165, 1.54) is 0 Å². The predicted molar refractivity (Wildman–Crippen MR) is 54.6 cm³/mol. The third kappa shape index (κ3) is 3.57. The van der Waals surface area contributed by atoms with E-state index in [0.29, 0.717) is 6.54 Å². The normalized spacial score (nSPS) is 12.8. The summed E-state index contributed by atoms with van der Waals surface area (Å²) >= 11 is 0. The summed E-state index contributed by atoms with van der Waals surface area (Å²) in [6, 6.07) is 9.73. The van der Waals surface area contributed by atoms with Crippen LogP contribution in [0, 0.1) is 0 Å². The van der Waals surface area contributed by atoms with Crippen molar-refractivity contribution in [2.24, 2.45) is 0 Å². The first-order valence-electron chi connectivity index (χ1n) is 4.78. The highest BCUT2D eigenvalue weighted by molar-refractivity contribution is 5.17. The summed E-state index contributed by atoms with van der Waals surface area (Å²) in [6.07, 6.45) is 0.717. The molecule has 2 heteroatoms. The molecule has 2 N–H and O–H groups in total. The van der Waals surface area contributed by atoms with Crippen LogP contribution in [0.15, 0.2) is 30.3 Å². The lowest BCUT2D eigenvalue weighted by molar-refractivity contribution is 0.175. The molecule has 0 saturated heterocycles. The van der Waals surface area contributed by atoms with Crippen LogP contribution in [0.3, 0.4) is 0 Å². The average Bonchev–Trinajstić information content (AvgIpc) is 2.19. The Hall–Kier alpha value is -0.860. The zero-order chi connectivity index (χ0) is 9.52. The number of nitrogens with one attached hydrogen (secondary N) is 1. The summed E-state index contributed by atoms with van der Waals surface area (Å²) in [5.74, 6) is 0.